The van der Waals surface area contributed by atoms with E-state index in [9.17, 15) is 5.11 Å². The molecular formula is C23H40O2Si2. The quantitative estimate of drug-likeness (QED) is 0.420. The van der Waals surface area contributed by atoms with Gasteiger partial charge in [-0.2, -0.15) is 0 Å². The van der Waals surface area contributed by atoms with Crippen molar-refractivity contribution in [2.75, 3.05) is 0 Å². The van der Waals surface area contributed by atoms with E-state index in [1.165, 1.54) is 0 Å². The minimum absolute atomic E-state index is 0.0586. The first-order valence-electron chi connectivity index (χ1n) is 10.2. The average Bonchev–Trinajstić information content (AvgIpc) is 2.55. The van der Waals surface area contributed by atoms with Crippen LogP contribution in [-0.2, 0) is 4.43 Å². The highest BCUT2D eigenvalue weighted by Gasteiger charge is 2.42. The van der Waals surface area contributed by atoms with Crippen LogP contribution in [0.1, 0.15) is 52.2 Å². The third kappa shape index (κ3) is 7.58. The van der Waals surface area contributed by atoms with Crippen LogP contribution in [0.2, 0.25) is 37.8 Å². The second-order valence-corrected chi connectivity index (χ2v) is 19.6. The summed E-state index contributed by atoms with van der Waals surface area (Å²) >= 11 is 0. The number of aliphatic hydroxyl groups excluding tert-OH is 1. The Morgan fingerprint density at radius 2 is 1.59 bits per heavy atom. The first-order chi connectivity index (χ1) is 12.3. The molecule has 1 aromatic rings. The lowest BCUT2D eigenvalue weighted by Gasteiger charge is -2.41. The molecule has 0 saturated heterocycles. The SMILES string of the molecule is CCC[C@@H](C#C[Si](C)(C)C)[C@H](O)[C@H](O[Si](C)(C)C(C)(C)C)c1ccccc1. The lowest BCUT2D eigenvalue weighted by Crippen LogP contribution is -2.45. The van der Waals surface area contributed by atoms with Gasteiger partial charge in [0.05, 0.1) is 12.2 Å². The Kier molecular flexibility index (Phi) is 8.56. The topological polar surface area (TPSA) is 29.5 Å². The number of hydrogen-bond acceptors (Lipinski definition) is 2. The van der Waals surface area contributed by atoms with E-state index in [0.29, 0.717) is 0 Å². The molecule has 0 amide bonds. The van der Waals surface area contributed by atoms with Gasteiger partial charge in [-0.1, -0.05) is 84.1 Å². The fourth-order valence-electron chi connectivity index (χ4n) is 2.63. The van der Waals surface area contributed by atoms with Gasteiger partial charge in [-0.05, 0) is 30.1 Å². The number of rotatable bonds is 7. The van der Waals surface area contributed by atoms with Crippen LogP contribution in [0.25, 0.3) is 0 Å². The predicted octanol–water partition coefficient (Wildman–Crippen LogP) is 6.41. The molecule has 0 radical (unpaired) electrons. The van der Waals surface area contributed by atoms with Crippen LogP contribution in [-0.4, -0.2) is 27.6 Å². The number of benzene rings is 1. The maximum atomic E-state index is 11.4. The summed E-state index contributed by atoms with van der Waals surface area (Å²) in [4.78, 5) is 0. The summed E-state index contributed by atoms with van der Waals surface area (Å²) in [6, 6.07) is 10.2. The molecule has 1 aromatic carbocycles. The molecule has 0 saturated carbocycles. The molecule has 0 aliphatic rings. The lowest BCUT2D eigenvalue weighted by molar-refractivity contribution is 0.00106. The summed E-state index contributed by atoms with van der Waals surface area (Å²) in [5.41, 5.74) is 4.52. The second kappa shape index (κ2) is 9.56. The van der Waals surface area contributed by atoms with E-state index in [1.54, 1.807) is 0 Å². The summed E-state index contributed by atoms with van der Waals surface area (Å²) < 4.78 is 6.74. The van der Waals surface area contributed by atoms with Crippen molar-refractivity contribution < 1.29 is 9.53 Å². The fourth-order valence-corrected chi connectivity index (χ4v) is 4.51. The molecule has 0 aromatic heterocycles. The molecule has 0 fully saturated rings. The Hall–Kier alpha value is -0.866. The number of aliphatic hydroxyl groups is 1. The van der Waals surface area contributed by atoms with Gasteiger partial charge in [-0.3, -0.25) is 0 Å². The van der Waals surface area contributed by atoms with Crippen LogP contribution in [0.3, 0.4) is 0 Å². The molecule has 1 rings (SSSR count). The maximum absolute atomic E-state index is 11.4. The third-order valence-corrected chi connectivity index (χ3v) is 10.7. The zero-order valence-electron chi connectivity index (χ0n) is 18.9. The Morgan fingerprint density at radius 1 is 1.04 bits per heavy atom. The standard InChI is InChI=1S/C23H40O2Si2/c1-10-14-19(17-18-26(5,6)7)21(24)22(20-15-12-11-13-16-20)25-27(8,9)23(2,3)4/h11-13,15-16,19,21-22,24H,10,14H2,1-9H3/t19-,21-,22+/m0/s1. The molecular weight excluding hydrogens is 364 g/mol. The van der Waals surface area contributed by atoms with Gasteiger partial charge in [0.2, 0.25) is 0 Å². The summed E-state index contributed by atoms with van der Waals surface area (Å²) in [6.07, 6.45) is 0.942. The van der Waals surface area contributed by atoms with E-state index in [4.69, 9.17) is 4.43 Å². The molecule has 1 N–H and O–H groups in total. The highest BCUT2D eigenvalue weighted by atomic mass is 28.4. The number of hydrogen-bond donors (Lipinski definition) is 1. The van der Waals surface area contributed by atoms with Crippen molar-refractivity contribution in [2.24, 2.45) is 5.92 Å². The molecule has 3 atom stereocenters. The molecule has 152 valence electrons. The molecule has 2 nitrogen and oxygen atoms in total. The summed E-state index contributed by atoms with van der Waals surface area (Å²) in [6.45, 7) is 20.1. The van der Waals surface area contributed by atoms with Gasteiger partial charge in [-0.25, -0.2) is 0 Å². The molecule has 0 heterocycles. The minimum Gasteiger partial charge on any atom is -0.407 e. The van der Waals surface area contributed by atoms with Crippen LogP contribution < -0.4 is 0 Å². The van der Waals surface area contributed by atoms with Crippen LogP contribution in [0.5, 0.6) is 0 Å². The van der Waals surface area contributed by atoms with Crippen molar-refractivity contribution in [3.8, 4) is 11.5 Å². The zero-order valence-corrected chi connectivity index (χ0v) is 20.9. The Labute approximate surface area is 169 Å². The highest BCUT2D eigenvalue weighted by Crippen LogP contribution is 2.41. The van der Waals surface area contributed by atoms with Gasteiger partial charge in [0.15, 0.2) is 8.32 Å². The van der Waals surface area contributed by atoms with Crippen molar-refractivity contribution in [1.82, 2.24) is 0 Å². The normalized spacial score (nSPS) is 16.2. The molecule has 0 aliphatic carbocycles. The average molecular weight is 405 g/mol. The highest BCUT2D eigenvalue weighted by molar-refractivity contribution is 6.83. The van der Waals surface area contributed by atoms with Crippen molar-refractivity contribution in [2.45, 2.75) is 90.5 Å². The van der Waals surface area contributed by atoms with Crippen LogP contribution in [0, 0.1) is 17.4 Å². The Morgan fingerprint density at radius 3 is 2.04 bits per heavy atom. The van der Waals surface area contributed by atoms with Crippen molar-refractivity contribution in [1.29, 1.82) is 0 Å². The molecule has 0 unspecified atom stereocenters. The van der Waals surface area contributed by atoms with Gasteiger partial charge < -0.3 is 9.53 Å². The van der Waals surface area contributed by atoms with E-state index in [1.807, 2.05) is 18.2 Å². The van der Waals surface area contributed by atoms with Crippen LogP contribution in [0.4, 0.5) is 0 Å². The first-order valence-corrected chi connectivity index (χ1v) is 16.6. The maximum Gasteiger partial charge on any atom is 0.193 e. The van der Waals surface area contributed by atoms with E-state index >= 15 is 0 Å². The smallest absolute Gasteiger partial charge is 0.193 e. The van der Waals surface area contributed by atoms with Gasteiger partial charge >= 0.3 is 0 Å². The van der Waals surface area contributed by atoms with E-state index in [0.717, 1.165) is 18.4 Å². The monoisotopic (exact) mass is 404 g/mol. The molecule has 0 bridgehead atoms. The van der Waals surface area contributed by atoms with Gasteiger partial charge in [-0.15, -0.1) is 11.5 Å². The molecule has 27 heavy (non-hydrogen) atoms. The van der Waals surface area contributed by atoms with Crippen LogP contribution in [0.15, 0.2) is 30.3 Å². The summed E-state index contributed by atoms with van der Waals surface area (Å²) in [7, 11) is -3.53. The minimum atomic E-state index is -2.04. The molecule has 0 spiro atoms. The van der Waals surface area contributed by atoms with E-state index in [2.05, 4.69) is 84.0 Å². The summed E-state index contributed by atoms with van der Waals surface area (Å²) in [5.74, 6) is 3.37. The first kappa shape index (κ1) is 24.2. The largest absolute Gasteiger partial charge is 0.407 e. The van der Waals surface area contributed by atoms with E-state index < -0.39 is 22.5 Å². The van der Waals surface area contributed by atoms with Gasteiger partial charge in [0.25, 0.3) is 0 Å². The van der Waals surface area contributed by atoms with Crippen molar-refractivity contribution in [3.05, 3.63) is 35.9 Å². The molecule has 0 aliphatic heterocycles. The Balaban J connectivity index is 3.29. The Bertz CT molecular complexity index is 630. The van der Waals surface area contributed by atoms with Gasteiger partial charge in [0, 0.05) is 5.92 Å². The lowest BCUT2D eigenvalue weighted by atomic mass is 9.91. The van der Waals surface area contributed by atoms with Crippen molar-refractivity contribution in [3.63, 3.8) is 0 Å². The van der Waals surface area contributed by atoms with Crippen molar-refractivity contribution >= 4 is 16.4 Å². The van der Waals surface area contributed by atoms with E-state index in [-0.39, 0.29) is 17.1 Å². The summed E-state index contributed by atoms with van der Waals surface area (Å²) in [5, 5.41) is 11.5. The van der Waals surface area contributed by atoms with Crippen LogP contribution >= 0.6 is 0 Å². The molecule has 4 heteroatoms. The fraction of sp³-hybridized carbons (Fsp3) is 0.652. The second-order valence-electron chi connectivity index (χ2n) is 10.1. The third-order valence-electron chi connectivity index (χ3n) is 5.31. The zero-order chi connectivity index (χ0) is 20.9. The predicted molar refractivity (Wildman–Crippen MR) is 123 cm³/mol. The van der Waals surface area contributed by atoms with Gasteiger partial charge in [0.1, 0.15) is 8.07 Å².